The SMILES string of the molecule is CC(C)(Oc1ccc(Cl)cc1Cl)C(=O)NC1CC2CCC(C1)N2c1ccc(C(=O)NCC(O)c2ccccc2)cn1. The van der Waals surface area contributed by atoms with Gasteiger partial charge in [0.25, 0.3) is 11.8 Å². The number of pyridine rings is 1. The first-order chi connectivity index (χ1) is 19.6. The van der Waals surface area contributed by atoms with Crippen molar-refractivity contribution in [3.05, 3.63) is 88.0 Å². The second-order valence-corrected chi connectivity index (χ2v) is 12.0. The molecule has 2 amide bonds. The second kappa shape index (κ2) is 12.3. The Morgan fingerprint density at radius 2 is 1.78 bits per heavy atom. The van der Waals surface area contributed by atoms with Crippen molar-refractivity contribution in [3.63, 3.8) is 0 Å². The second-order valence-electron chi connectivity index (χ2n) is 11.2. The number of hydrogen-bond acceptors (Lipinski definition) is 6. The molecule has 0 spiro atoms. The Balaban J connectivity index is 1.15. The van der Waals surface area contributed by atoms with Crippen molar-refractivity contribution in [2.75, 3.05) is 11.4 Å². The summed E-state index contributed by atoms with van der Waals surface area (Å²) in [6.07, 6.45) is 4.41. The molecule has 0 aliphatic carbocycles. The van der Waals surface area contributed by atoms with Crippen molar-refractivity contribution in [3.8, 4) is 5.75 Å². The number of nitrogens with zero attached hydrogens (tertiary/aromatic N) is 2. The molecule has 2 aliphatic heterocycles. The molecular weight excluding hydrogens is 563 g/mol. The van der Waals surface area contributed by atoms with E-state index in [0.717, 1.165) is 37.1 Å². The summed E-state index contributed by atoms with van der Waals surface area (Å²) in [5.74, 6) is 0.742. The minimum absolute atomic E-state index is 0.0147. The van der Waals surface area contributed by atoms with Crippen molar-refractivity contribution < 1.29 is 19.4 Å². The number of rotatable bonds is 9. The van der Waals surface area contributed by atoms with E-state index >= 15 is 0 Å². The maximum Gasteiger partial charge on any atom is 0.263 e. The van der Waals surface area contributed by atoms with Gasteiger partial charge in [0, 0.05) is 35.9 Å². The van der Waals surface area contributed by atoms with E-state index < -0.39 is 11.7 Å². The van der Waals surface area contributed by atoms with Crippen LogP contribution in [0.1, 0.15) is 61.6 Å². The summed E-state index contributed by atoms with van der Waals surface area (Å²) in [6, 6.07) is 18.3. The van der Waals surface area contributed by atoms with Crippen LogP contribution >= 0.6 is 23.2 Å². The van der Waals surface area contributed by atoms with Crippen molar-refractivity contribution in [1.82, 2.24) is 15.6 Å². The van der Waals surface area contributed by atoms with Crippen molar-refractivity contribution in [2.45, 2.75) is 69.4 Å². The molecule has 2 bridgehead atoms. The summed E-state index contributed by atoms with van der Waals surface area (Å²) in [6.45, 7) is 3.56. The summed E-state index contributed by atoms with van der Waals surface area (Å²) in [5.41, 5.74) is 0.0628. The first kappa shape index (κ1) is 29.2. The van der Waals surface area contributed by atoms with Crippen LogP contribution in [0.4, 0.5) is 5.82 Å². The van der Waals surface area contributed by atoms with Gasteiger partial charge in [-0.15, -0.1) is 0 Å². The molecule has 3 atom stereocenters. The predicted octanol–water partition coefficient (Wildman–Crippen LogP) is 5.33. The number of piperidine rings is 1. The summed E-state index contributed by atoms with van der Waals surface area (Å²) >= 11 is 12.2. The third-order valence-electron chi connectivity index (χ3n) is 7.79. The number of halogens is 2. The van der Waals surface area contributed by atoms with E-state index in [2.05, 4.69) is 20.5 Å². The zero-order valence-corrected chi connectivity index (χ0v) is 24.5. The van der Waals surface area contributed by atoms with Crippen LogP contribution in [0, 0.1) is 0 Å². The number of amides is 2. The van der Waals surface area contributed by atoms with Gasteiger partial charge in [-0.25, -0.2) is 4.98 Å². The number of carbonyl (C=O) groups is 2. The molecule has 0 radical (unpaired) electrons. The lowest BCUT2D eigenvalue weighted by Gasteiger charge is -2.40. The van der Waals surface area contributed by atoms with E-state index in [0.29, 0.717) is 21.4 Å². The van der Waals surface area contributed by atoms with Crippen LogP contribution in [-0.4, -0.2) is 52.2 Å². The number of aliphatic hydroxyl groups is 1. The summed E-state index contributed by atoms with van der Waals surface area (Å²) in [7, 11) is 0. The first-order valence-corrected chi connectivity index (χ1v) is 14.6. The van der Waals surface area contributed by atoms with Crippen LogP contribution < -0.4 is 20.3 Å². The number of aromatic nitrogens is 1. The Labute approximate surface area is 250 Å². The first-order valence-electron chi connectivity index (χ1n) is 13.8. The lowest BCUT2D eigenvalue weighted by atomic mass is 9.96. The molecule has 216 valence electrons. The fraction of sp³-hybridized carbons (Fsp3) is 0.387. The molecule has 2 aliphatic rings. The molecule has 3 aromatic rings. The summed E-state index contributed by atoms with van der Waals surface area (Å²) in [5, 5.41) is 17.1. The molecule has 2 fully saturated rings. The lowest BCUT2D eigenvalue weighted by Crippen LogP contribution is -2.55. The van der Waals surface area contributed by atoms with Crippen molar-refractivity contribution in [2.24, 2.45) is 0 Å². The number of nitrogens with one attached hydrogen (secondary N) is 2. The van der Waals surface area contributed by atoms with E-state index in [-0.39, 0.29) is 36.5 Å². The Hall–Kier alpha value is -3.33. The number of carbonyl (C=O) groups excluding carboxylic acids is 2. The van der Waals surface area contributed by atoms with Gasteiger partial charge in [0.15, 0.2) is 5.60 Å². The van der Waals surface area contributed by atoms with Gasteiger partial charge >= 0.3 is 0 Å². The topological polar surface area (TPSA) is 104 Å². The highest BCUT2D eigenvalue weighted by atomic mass is 35.5. The van der Waals surface area contributed by atoms with E-state index in [4.69, 9.17) is 27.9 Å². The molecule has 2 saturated heterocycles. The van der Waals surface area contributed by atoms with Crippen molar-refractivity contribution in [1.29, 1.82) is 0 Å². The molecule has 41 heavy (non-hydrogen) atoms. The number of anilines is 1. The molecular formula is C31H34Cl2N4O4. The fourth-order valence-electron chi connectivity index (χ4n) is 5.66. The molecule has 3 unspecified atom stereocenters. The van der Waals surface area contributed by atoms with Gasteiger partial charge in [-0.3, -0.25) is 9.59 Å². The lowest BCUT2D eigenvalue weighted by molar-refractivity contribution is -0.135. The van der Waals surface area contributed by atoms with Gasteiger partial charge in [-0.05, 0) is 75.4 Å². The van der Waals surface area contributed by atoms with Crippen LogP contribution in [0.3, 0.4) is 0 Å². The average Bonchev–Trinajstić information content (AvgIpc) is 3.23. The molecule has 3 heterocycles. The number of benzene rings is 2. The molecule has 3 N–H and O–H groups in total. The Bertz CT molecular complexity index is 1370. The summed E-state index contributed by atoms with van der Waals surface area (Å²) in [4.78, 5) is 32.8. The maximum atomic E-state index is 13.2. The van der Waals surface area contributed by atoms with Crippen LogP contribution in [0.15, 0.2) is 66.9 Å². The minimum atomic E-state index is -1.12. The Morgan fingerprint density at radius 1 is 1.07 bits per heavy atom. The van der Waals surface area contributed by atoms with E-state index in [1.165, 1.54) is 0 Å². The molecule has 2 aromatic carbocycles. The Morgan fingerprint density at radius 3 is 2.41 bits per heavy atom. The third-order valence-corrected chi connectivity index (χ3v) is 8.32. The molecule has 5 rings (SSSR count). The largest absolute Gasteiger partial charge is 0.476 e. The predicted molar refractivity (Wildman–Crippen MR) is 160 cm³/mol. The normalized spacial score (nSPS) is 20.8. The van der Waals surface area contributed by atoms with Gasteiger partial charge in [0.1, 0.15) is 11.6 Å². The zero-order valence-electron chi connectivity index (χ0n) is 23.0. The average molecular weight is 598 g/mol. The van der Waals surface area contributed by atoms with E-state index in [9.17, 15) is 14.7 Å². The smallest absolute Gasteiger partial charge is 0.263 e. The quantitative estimate of drug-likeness (QED) is 0.308. The van der Waals surface area contributed by atoms with E-state index in [1.54, 1.807) is 44.3 Å². The van der Waals surface area contributed by atoms with Crippen LogP contribution in [0.5, 0.6) is 5.75 Å². The molecule has 1 aromatic heterocycles. The fourth-order valence-corrected chi connectivity index (χ4v) is 6.11. The highest BCUT2D eigenvalue weighted by Crippen LogP contribution is 2.39. The van der Waals surface area contributed by atoms with Crippen molar-refractivity contribution >= 4 is 40.8 Å². The third kappa shape index (κ3) is 6.77. The molecule has 8 nitrogen and oxygen atoms in total. The molecule has 10 heteroatoms. The number of aliphatic hydroxyl groups excluding tert-OH is 1. The van der Waals surface area contributed by atoms with Crippen LogP contribution in [-0.2, 0) is 4.79 Å². The van der Waals surface area contributed by atoms with Gasteiger partial charge in [-0.1, -0.05) is 53.5 Å². The standard InChI is InChI=1S/C31H34Cl2N4O4/c1-31(2,41-27-12-9-21(32)14-25(27)33)30(40)36-22-15-23-10-11-24(16-22)37(23)28-13-8-20(17-34-28)29(39)35-18-26(38)19-6-4-3-5-7-19/h3-9,12-14,17,22-24,26,38H,10-11,15-16,18H2,1-2H3,(H,35,39)(H,36,40). The van der Waals surface area contributed by atoms with Gasteiger partial charge in [0.2, 0.25) is 0 Å². The van der Waals surface area contributed by atoms with Gasteiger partial charge in [0.05, 0.1) is 16.7 Å². The number of fused-ring (bicyclic) bond motifs is 2. The number of hydrogen-bond donors (Lipinski definition) is 3. The zero-order chi connectivity index (χ0) is 29.1. The molecule has 0 saturated carbocycles. The highest BCUT2D eigenvalue weighted by Gasteiger charge is 2.43. The number of ether oxygens (including phenoxy) is 1. The van der Waals surface area contributed by atoms with Gasteiger partial charge < -0.3 is 25.4 Å². The maximum absolute atomic E-state index is 13.2. The van der Waals surface area contributed by atoms with Crippen LogP contribution in [0.2, 0.25) is 10.0 Å². The highest BCUT2D eigenvalue weighted by molar-refractivity contribution is 6.35. The minimum Gasteiger partial charge on any atom is -0.476 e. The Kier molecular flexibility index (Phi) is 8.73. The monoisotopic (exact) mass is 596 g/mol. The van der Waals surface area contributed by atoms with E-state index in [1.807, 2.05) is 36.4 Å². The summed E-state index contributed by atoms with van der Waals surface area (Å²) < 4.78 is 5.96. The van der Waals surface area contributed by atoms with Crippen LogP contribution in [0.25, 0.3) is 0 Å². The van der Waals surface area contributed by atoms with Gasteiger partial charge in [-0.2, -0.15) is 0 Å².